The largest absolute Gasteiger partial charge is 0.434 e. The van der Waals surface area contributed by atoms with Crippen LogP contribution in [0.5, 0.6) is 5.75 Å². The van der Waals surface area contributed by atoms with Crippen molar-refractivity contribution in [2.75, 3.05) is 7.05 Å². The van der Waals surface area contributed by atoms with Crippen molar-refractivity contribution in [3.05, 3.63) is 41.5 Å². The van der Waals surface area contributed by atoms with Gasteiger partial charge < -0.3 is 10.1 Å². The van der Waals surface area contributed by atoms with E-state index in [1.807, 2.05) is 19.9 Å². The molecule has 0 radical (unpaired) electrons. The molecule has 1 atom stereocenters. The maximum absolute atomic E-state index is 12.3. The van der Waals surface area contributed by atoms with Crippen molar-refractivity contribution in [1.29, 1.82) is 0 Å². The van der Waals surface area contributed by atoms with E-state index in [4.69, 9.17) is 0 Å². The lowest BCUT2D eigenvalue weighted by atomic mass is 10.0. The average molecular weight is 241 g/mol. The van der Waals surface area contributed by atoms with Crippen LogP contribution < -0.4 is 10.1 Å². The molecule has 0 fully saturated rings. The van der Waals surface area contributed by atoms with Crippen LogP contribution in [0.25, 0.3) is 0 Å². The number of likely N-dealkylation sites (N-methyl/N-ethyl adjacent to an activating group) is 1. The van der Waals surface area contributed by atoms with Crippen molar-refractivity contribution in [1.82, 2.24) is 5.32 Å². The quantitative estimate of drug-likeness (QED) is 0.796. The normalized spacial score (nSPS) is 12.4. The lowest BCUT2D eigenvalue weighted by Crippen LogP contribution is -2.16. The van der Waals surface area contributed by atoms with Crippen molar-refractivity contribution in [2.24, 2.45) is 0 Å². The van der Waals surface area contributed by atoms with Gasteiger partial charge in [0.1, 0.15) is 5.75 Å². The second-order valence-corrected chi connectivity index (χ2v) is 3.93. The van der Waals surface area contributed by atoms with Gasteiger partial charge in [-0.05, 0) is 27.0 Å². The van der Waals surface area contributed by atoms with E-state index in [0.29, 0.717) is 5.56 Å². The van der Waals surface area contributed by atoms with Gasteiger partial charge in [0.15, 0.2) is 0 Å². The lowest BCUT2D eigenvalue weighted by Gasteiger charge is -2.17. The minimum atomic E-state index is -2.81. The van der Waals surface area contributed by atoms with E-state index in [0.717, 1.165) is 5.57 Å². The Balaban J connectivity index is 3.05. The summed E-state index contributed by atoms with van der Waals surface area (Å²) in [6.07, 6.45) is 1.97. The number of hydrogen-bond acceptors (Lipinski definition) is 2. The first-order valence-corrected chi connectivity index (χ1v) is 5.40. The molecule has 0 saturated carbocycles. The Bertz CT molecular complexity index is 387. The smallest absolute Gasteiger partial charge is 0.387 e. The van der Waals surface area contributed by atoms with Crippen LogP contribution in [-0.2, 0) is 0 Å². The zero-order valence-corrected chi connectivity index (χ0v) is 10.2. The van der Waals surface area contributed by atoms with Crippen LogP contribution in [0.15, 0.2) is 35.9 Å². The number of allylic oxidation sites excluding steroid dienone is 1. The first-order chi connectivity index (χ1) is 8.04. The third-order valence-corrected chi connectivity index (χ3v) is 2.28. The highest BCUT2D eigenvalue weighted by molar-refractivity contribution is 5.38. The van der Waals surface area contributed by atoms with Crippen LogP contribution in [0.2, 0.25) is 0 Å². The molecule has 0 aromatic heterocycles. The molecule has 0 saturated heterocycles. The number of nitrogens with one attached hydrogen (secondary N) is 1. The van der Waals surface area contributed by atoms with Gasteiger partial charge in [0, 0.05) is 5.56 Å². The molecular formula is C13H17F2NO. The molecule has 0 aliphatic carbocycles. The molecule has 4 heteroatoms. The van der Waals surface area contributed by atoms with Gasteiger partial charge in [-0.1, -0.05) is 29.8 Å². The number of alkyl halides is 2. The monoisotopic (exact) mass is 241 g/mol. The summed E-state index contributed by atoms with van der Waals surface area (Å²) < 4.78 is 29.1. The molecule has 1 unspecified atom stereocenters. The summed E-state index contributed by atoms with van der Waals surface area (Å²) in [6, 6.07) is 6.67. The Morgan fingerprint density at radius 2 is 1.94 bits per heavy atom. The van der Waals surface area contributed by atoms with E-state index in [9.17, 15) is 8.78 Å². The van der Waals surface area contributed by atoms with E-state index in [1.165, 1.54) is 0 Å². The summed E-state index contributed by atoms with van der Waals surface area (Å²) in [5.74, 6) is 0.208. The second kappa shape index (κ2) is 6.35. The molecule has 1 rings (SSSR count). The minimum Gasteiger partial charge on any atom is -0.434 e. The molecular weight excluding hydrogens is 224 g/mol. The van der Waals surface area contributed by atoms with Gasteiger partial charge in [0.2, 0.25) is 0 Å². The zero-order chi connectivity index (χ0) is 12.8. The zero-order valence-electron chi connectivity index (χ0n) is 10.2. The van der Waals surface area contributed by atoms with Crippen molar-refractivity contribution in [3.8, 4) is 5.75 Å². The van der Waals surface area contributed by atoms with Gasteiger partial charge in [-0.2, -0.15) is 8.78 Å². The molecule has 0 amide bonds. The maximum atomic E-state index is 12.3. The highest BCUT2D eigenvalue weighted by Gasteiger charge is 2.14. The Hall–Kier alpha value is -1.42. The maximum Gasteiger partial charge on any atom is 0.387 e. The van der Waals surface area contributed by atoms with Crippen molar-refractivity contribution < 1.29 is 13.5 Å². The molecule has 1 aromatic carbocycles. The van der Waals surface area contributed by atoms with Crippen LogP contribution in [0.4, 0.5) is 8.78 Å². The predicted octanol–water partition coefficient (Wildman–Crippen LogP) is 3.51. The fourth-order valence-corrected chi connectivity index (χ4v) is 1.60. The topological polar surface area (TPSA) is 21.3 Å². The predicted molar refractivity (Wildman–Crippen MR) is 64.3 cm³/mol. The van der Waals surface area contributed by atoms with Gasteiger partial charge >= 0.3 is 6.61 Å². The number of halogens is 2. The van der Waals surface area contributed by atoms with Crippen LogP contribution in [-0.4, -0.2) is 13.7 Å². The molecule has 17 heavy (non-hydrogen) atoms. The summed E-state index contributed by atoms with van der Waals surface area (Å²) in [5, 5.41) is 3.06. The molecule has 0 aliphatic heterocycles. The van der Waals surface area contributed by atoms with E-state index < -0.39 is 6.61 Å². The Morgan fingerprint density at radius 3 is 2.47 bits per heavy atom. The molecule has 0 heterocycles. The molecule has 1 N–H and O–H groups in total. The summed E-state index contributed by atoms with van der Waals surface area (Å²) in [7, 11) is 1.78. The first kappa shape index (κ1) is 13.6. The van der Waals surface area contributed by atoms with E-state index in [-0.39, 0.29) is 11.8 Å². The molecule has 1 aromatic rings. The van der Waals surface area contributed by atoms with Crippen molar-refractivity contribution in [2.45, 2.75) is 26.5 Å². The molecule has 0 aliphatic rings. The first-order valence-electron chi connectivity index (χ1n) is 5.40. The molecule has 0 bridgehead atoms. The number of rotatable bonds is 5. The number of hydrogen-bond donors (Lipinski definition) is 1. The van der Waals surface area contributed by atoms with Gasteiger partial charge in [-0.3, -0.25) is 0 Å². The fraction of sp³-hybridized carbons (Fsp3) is 0.385. The van der Waals surface area contributed by atoms with Gasteiger partial charge in [0.25, 0.3) is 0 Å². The van der Waals surface area contributed by atoms with Crippen LogP contribution in [0, 0.1) is 0 Å². The standard InChI is InChI=1S/C13H17F2NO/c1-9(2)8-11(16-3)10-6-4-5-7-12(10)17-13(14)15/h4-8,11,13,16H,1-3H3. The van der Waals surface area contributed by atoms with Crippen LogP contribution in [0.1, 0.15) is 25.5 Å². The summed E-state index contributed by atoms with van der Waals surface area (Å²) in [4.78, 5) is 0. The van der Waals surface area contributed by atoms with Crippen LogP contribution in [0.3, 0.4) is 0 Å². The third kappa shape index (κ3) is 4.15. The van der Waals surface area contributed by atoms with Gasteiger partial charge in [-0.15, -0.1) is 0 Å². The van der Waals surface area contributed by atoms with E-state index in [1.54, 1.807) is 31.3 Å². The van der Waals surface area contributed by atoms with Crippen molar-refractivity contribution >= 4 is 0 Å². The Labute approximate surface area is 100 Å². The minimum absolute atomic E-state index is 0.130. The third-order valence-electron chi connectivity index (χ3n) is 2.28. The van der Waals surface area contributed by atoms with Gasteiger partial charge in [-0.25, -0.2) is 0 Å². The summed E-state index contributed by atoms with van der Waals surface area (Å²) in [6.45, 7) is 1.11. The summed E-state index contributed by atoms with van der Waals surface area (Å²) in [5.41, 5.74) is 1.81. The number of para-hydroxylation sites is 1. The highest BCUT2D eigenvalue weighted by Crippen LogP contribution is 2.27. The molecule has 94 valence electrons. The van der Waals surface area contributed by atoms with E-state index in [2.05, 4.69) is 10.1 Å². The Morgan fingerprint density at radius 1 is 1.29 bits per heavy atom. The molecule has 2 nitrogen and oxygen atoms in total. The van der Waals surface area contributed by atoms with Crippen LogP contribution >= 0.6 is 0 Å². The SMILES string of the molecule is CNC(C=C(C)C)c1ccccc1OC(F)F. The lowest BCUT2D eigenvalue weighted by molar-refractivity contribution is -0.0505. The fourth-order valence-electron chi connectivity index (χ4n) is 1.60. The summed E-state index contributed by atoms with van der Waals surface area (Å²) >= 11 is 0. The van der Waals surface area contributed by atoms with Gasteiger partial charge in [0.05, 0.1) is 6.04 Å². The number of ether oxygens (including phenoxy) is 1. The number of benzene rings is 1. The molecule has 0 spiro atoms. The van der Waals surface area contributed by atoms with Crippen molar-refractivity contribution in [3.63, 3.8) is 0 Å². The van der Waals surface area contributed by atoms with E-state index >= 15 is 0 Å². The second-order valence-electron chi connectivity index (χ2n) is 3.93. The average Bonchev–Trinajstić information content (AvgIpc) is 2.26. The Kier molecular flexibility index (Phi) is 5.10. The highest BCUT2D eigenvalue weighted by atomic mass is 19.3.